The maximum absolute atomic E-state index is 13.4. The van der Waals surface area contributed by atoms with Gasteiger partial charge in [-0.1, -0.05) is 58.0 Å². The van der Waals surface area contributed by atoms with Crippen molar-refractivity contribution in [3.05, 3.63) is 63.1 Å². The molecule has 1 aromatic carbocycles. The second-order valence-electron chi connectivity index (χ2n) is 9.52. The van der Waals surface area contributed by atoms with E-state index in [1.165, 1.54) is 15.5 Å². The summed E-state index contributed by atoms with van der Waals surface area (Å²) in [6.07, 6.45) is 2.49. The van der Waals surface area contributed by atoms with Crippen LogP contribution in [0.3, 0.4) is 0 Å². The number of nitrogens with one attached hydrogen (secondary N) is 1. The first-order chi connectivity index (χ1) is 15.8. The van der Waals surface area contributed by atoms with Gasteiger partial charge < -0.3 is 9.72 Å². The summed E-state index contributed by atoms with van der Waals surface area (Å²) in [6, 6.07) is 10.1. The van der Waals surface area contributed by atoms with Crippen molar-refractivity contribution in [1.29, 1.82) is 0 Å². The summed E-state index contributed by atoms with van der Waals surface area (Å²) in [5.74, 6) is 0.798. The second-order valence-corrected chi connectivity index (χ2v) is 9.52. The minimum Gasteiger partial charge on any atom is -0.377 e. The van der Waals surface area contributed by atoms with Crippen LogP contribution >= 0.6 is 0 Å². The van der Waals surface area contributed by atoms with Crippen LogP contribution in [0.5, 0.6) is 0 Å². The van der Waals surface area contributed by atoms with E-state index >= 15 is 0 Å². The Labute approximate surface area is 195 Å². The SMILES string of the molecule is CC(C)CN(CC(C)C)C(CCCOCc1ccccc1)n1c(=O)c2[nH]cnc2n(C)c1=O. The fraction of sp³-hybridized carbons (Fsp3) is 0.560. The number of H-pyrrole nitrogens is 1. The third-order valence-electron chi connectivity index (χ3n) is 5.64. The van der Waals surface area contributed by atoms with Gasteiger partial charge in [0.15, 0.2) is 5.65 Å². The van der Waals surface area contributed by atoms with E-state index in [4.69, 9.17) is 4.74 Å². The van der Waals surface area contributed by atoms with Crippen LogP contribution in [-0.2, 0) is 18.4 Å². The Hall–Kier alpha value is -2.71. The van der Waals surface area contributed by atoms with Crippen LogP contribution in [0.4, 0.5) is 0 Å². The molecule has 1 N–H and O–H groups in total. The molecule has 0 saturated carbocycles. The van der Waals surface area contributed by atoms with E-state index in [1.807, 2.05) is 30.3 Å². The average Bonchev–Trinajstić information content (AvgIpc) is 3.26. The first-order valence-electron chi connectivity index (χ1n) is 11.8. The van der Waals surface area contributed by atoms with Crippen molar-refractivity contribution in [3.63, 3.8) is 0 Å². The lowest BCUT2D eigenvalue weighted by molar-refractivity contribution is 0.0705. The Balaban J connectivity index is 1.88. The molecule has 1 atom stereocenters. The second kappa shape index (κ2) is 11.4. The third kappa shape index (κ3) is 6.21. The predicted octanol–water partition coefficient (Wildman–Crippen LogP) is 3.53. The first-order valence-corrected chi connectivity index (χ1v) is 11.8. The number of nitrogens with zero attached hydrogens (tertiary/aromatic N) is 4. The highest BCUT2D eigenvalue weighted by Gasteiger charge is 2.27. The zero-order chi connectivity index (χ0) is 24.0. The van der Waals surface area contributed by atoms with Gasteiger partial charge in [0.2, 0.25) is 0 Å². The van der Waals surface area contributed by atoms with Crippen molar-refractivity contribution in [2.75, 3.05) is 19.7 Å². The maximum Gasteiger partial charge on any atom is 0.333 e. The highest BCUT2D eigenvalue weighted by molar-refractivity contribution is 5.68. The van der Waals surface area contributed by atoms with Crippen LogP contribution in [0.25, 0.3) is 11.2 Å². The Bertz CT molecular complexity index is 1120. The van der Waals surface area contributed by atoms with Crippen molar-refractivity contribution < 1.29 is 4.74 Å². The van der Waals surface area contributed by atoms with Crippen LogP contribution in [0, 0.1) is 11.8 Å². The predicted molar refractivity (Wildman–Crippen MR) is 131 cm³/mol. The molecular weight excluding hydrogens is 418 g/mol. The number of benzene rings is 1. The summed E-state index contributed by atoms with van der Waals surface area (Å²) in [7, 11) is 1.66. The van der Waals surface area contributed by atoms with Gasteiger partial charge in [-0.2, -0.15) is 0 Å². The fourth-order valence-electron chi connectivity index (χ4n) is 4.28. The zero-order valence-corrected chi connectivity index (χ0v) is 20.5. The number of rotatable bonds is 12. The monoisotopic (exact) mass is 455 g/mol. The van der Waals surface area contributed by atoms with Crippen LogP contribution in [0.2, 0.25) is 0 Å². The minimum absolute atomic E-state index is 0.321. The van der Waals surface area contributed by atoms with E-state index in [0.717, 1.165) is 25.1 Å². The molecule has 0 fully saturated rings. The van der Waals surface area contributed by atoms with Crippen molar-refractivity contribution in [3.8, 4) is 0 Å². The van der Waals surface area contributed by atoms with Crippen LogP contribution in [-0.4, -0.2) is 43.7 Å². The number of hydrogen-bond donors (Lipinski definition) is 1. The van der Waals surface area contributed by atoms with Gasteiger partial charge in [0.05, 0.1) is 19.1 Å². The molecule has 0 radical (unpaired) electrons. The first kappa shape index (κ1) is 24.9. The Morgan fingerprint density at radius 1 is 1.06 bits per heavy atom. The van der Waals surface area contributed by atoms with Gasteiger partial charge >= 0.3 is 5.69 Å². The molecule has 8 nitrogen and oxygen atoms in total. The topological polar surface area (TPSA) is 85.2 Å². The zero-order valence-electron chi connectivity index (χ0n) is 20.5. The highest BCUT2D eigenvalue weighted by atomic mass is 16.5. The van der Waals surface area contributed by atoms with Gasteiger partial charge in [-0.05, 0) is 30.2 Å². The Kier molecular flexibility index (Phi) is 8.63. The number of fused-ring (bicyclic) bond motifs is 1. The van der Waals surface area contributed by atoms with Gasteiger partial charge in [0.25, 0.3) is 5.56 Å². The standard InChI is InChI=1S/C25H37N5O3/c1-18(2)14-29(15-19(3)4)21(12-9-13-33-16-20-10-7-6-8-11-20)30-24(31)22-23(27-17-26-22)28(5)25(30)32/h6-8,10-11,17-19,21H,9,12-16H2,1-5H3,(H,26,27). The molecule has 180 valence electrons. The lowest BCUT2D eigenvalue weighted by atomic mass is 10.1. The molecule has 0 aliphatic heterocycles. The molecule has 1 unspecified atom stereocenters. The highest BCUT2D eigenvalue weighted by Crippen LogP contribution is 2.21. The van der Waals surface area contributed by atoms with Gasteiger partial charge in [0.1, 0.15) is 5.52 Å². The Morgan fingerprint density at radius 3 is 2.36 bits per heavy atom. The summed E-state index contributed by atoms with van der Waals surface area (Å²) < 4.78 is 8.74. The molecule has 0 spiro atoms. The largest absolute Gasteiger partial charge is 0.377 e. The molecule has 0 aliphatic carbocycles. The lowest BCUT2D eigenvalue weighted by Gasteiger charge is -2.35. The molecule has 3 rings (SSSR count). The molecule has 0 aliphatic rings. The normalized spacial score (nSPS) is 13.0. The van der Waals surface area contributed by atoms with Gasteiger partial charge in [-0.3, -0.25) is 14.3 Å². The quantitative estimate of drug-likeness (QED) is 0.422. The van der Waals surface area contributed by atoms with Crippen molar-refractivity contribution >= 4 is 11.2 Å². The molecule has 33 heavy (non-hydrogen) atoms. The minimum atomic E-state index is -0.353. The van der Waals surface area contributed by atoms with E-state index in [-0.39, 0.29) is 17.4 Å². The summed E-state index contributed by atoms with van der Waals surface area (Å²) in [6.45, 7) is 11.3. The van der Waals surface area contributed by atoms with E-state index in [1.54, 1.807) is 7.05 Å². The average molecular weight is 456 g/mol. The number of ether oxygens (including phenoxy) is 1. The number of imidazole rings is 1. The molecule has 0 saturated heterocycles. The van der Waals surface area contributed by atoms with Crippen molar-refractivity contribution in [2.45, 2.75) is 53.3 Å². The molecule has 8 heteroatoms. The summed E-state index contributed by atoms with van der Waals surface area (Å²) in [5.41, 5.74) is 1.21. The van der Waals surface area contributed by atoms with Crippen LogP contribution in [0.15, 0.2) is 46.2 Å². The number of aryl methyl sites for hydroxylation is 1. The molecular formula is C25H37N5O3. The van der Waals surface area contributed by atoms with Gasteiger partial charge in [-0.15, -0.1) is 0 Å². The molecule has 0 bridgehead atoms. The van der Waals surface area contributed by atoms with Crippen molar-refractivity contribution in [2.24, 2.45) is 18.9 Å². The van der Waals surface area contributed by atoms with Crippen LogP contribution in [0.1, 0.15) is 52.3 Å². The van der Waals surface area contributed by atoms with E-state index in [9.17, 15) is 9.59 Å². The van der Waals surface area contributed by atoms with Gasteiger partial charge in [0, 0.05) is 26.7 Å². The van der Waals surface area contributed by atoms with E-state index < -0.39 is 0 Å². The number of hydrogen-bond acceptors (Lipinski definition) is 5. The molecule has 2 aromatic heterocycles. The Morgan fingerprint density at radius 2 is 1.73 bits per heavy atom. The molecule has 0 amide bonds. The van der Waals surface area contributed by atoms with E-state index in [2.05, 4.69) is 42.6 Å². The fourth-order valence-corrected chi connectivity index (χ4v) is 4.28. The van der Waals surface area contributed by atoms with E-state index in [0.29, 0.717) is 42.6 Å². The lowest BCUT2D eigenvalue weighted by Crippen LogP contribution is -2.49. The van der Waals surface area contributed by atoms with Gasteiger partial charge in [-0.25, -0.2) is 14.3 Å². The molecule has 3 aromatic rings. The summed E-state index contributed by atoms with van der Waals surface area (Å²) in [4.78, 5) is 36.0. The van der Waals surface area contributed by atoms with Crippen molar-refractivity contribution in [1.82, 2.24) is 24.0 Å². The summed E-state index contributed by atoms with van der Waals surface area (Å²) >= 11 is 0. The smallest absolute Gasteiger partial charge is 0.333 e. The summed E-state index contributed by atoms with van der Waals surface area (Å²) in [5, 5.41) is 0. The van der Waals surface area contributed by atoms with Crippen LogP contribution < -0.4 is 11.2 Å². The third-order valence-corrected chi connectivity index (χ3v) is 5.64. The maximum atomic E-state index is 13.4. The number of aromatic amines is 1. The number of aromatic nitrogens is 4. The molecule has 2 heterocycles.